The molecule has 1 heterocycles. The first-order valence-corrected chi connectivity index (χ1v) is 6.30. The Balaban J connectivity index is 2.39. The summed E-state index contributed by atoms with van der Waals surface area (Å²) >= 11 is 0. The van der Waals surface area contributed by atoms with E-state index in [0.717, 1.165) is 25.9 Å². The van der Waals surface area contributed by atoms with E-state index in [1.807, 2.05) is 18.7 Å². The highest BCUT2D eigenvalue weighted by atomic mass is 16.5. The predicted octanol–water partition coefficient (Wildman–Crippen LogP) is 2.45. The van der Waals surface area contributed by atoms with Gasteiger partial charge in [-0.25, -0.2) is 0 Å². The molecule has 3 nitrogen and oxygen atoms in total. The summed E-state index contributed by atoms with van der Waals surface area (Å²) in [5, 5.41) is 0. The van der Waals surface area contributed by atoms with Gasteiger partial charge in [-0.3, -0.25) is 4.79 Å². The molecule has 1 amide bonds. The maximum Gasteiger partial charge on any atom is 0.248 e. The molecule has 1 rings (SSSR count). The molecule has 0 aromatic rings. The van der Waals surface area contributed by atoms with E-state index in [4.69, 9.17) is 4.74 Å². The van der Waals surface area contributed by atoms with E-state index in [-0.39, 0.29) is 18.6 Å². The van der Waals surface area contributed by atoms with E-state index in [1.165, 1.54) is 6.42 Å². The maximum atomic E-state index is 11.9. The first kappa shape index (κ1) is 13.5. The molecular formula is C13H25NO2. The van der Waals surface area contributed by atoms with E-state index in [0.29, 0.717) is 5.41 Å². The molecular weight excluding hydrogens is 202 g/mol. The smallest absolute Gasteiger partial charge is 0.248 e. The summed E-state index contributed by atoms with van der Waals surface area (Å²) in [6.45, 7) is 10.5. The number of rotatable bonds is 3. The Bertz CT molecular complexity index is 236. The van der Waals surface area contributed by atoms with Gasteiger partial charge < -0.3 is 9.64 Å². The van der Waals surface area contributed by atoms with Gasteiger partial charge >= 0.3 is 0 Å². The standard InChI is InChI=1S/C13H25NO2/c1-11(2)16-10-12(15)14-8-5-6-13(3,4)7-9-14/h11H,5-10H2,1-4H3. The molecule has 94 valence electrons. The number of amides is 1. The molecule has 16 heavy (non-hydrogen) atoms. The van der Waals surface area contributed by atoms with Crippen LogP contribution in [0.1, 0.15) is 47.0 Å². The van der Waals surface area contributed by atoms with Crippen LogP contribution < -0.4 is 0 Å². The minimum Gasteiger partial charge on any atom is -0.369 e. The molecule has 0 aromatic heterocycles. The minimum atomic E-state index is 0.132. The number of carbonyl (C=O) groups excluding carboxylic acids is 1. The Kier molecular flexibility index (Phi) is 4.78. The van der Waals surface area contributed by atoms with Crippen molar-refractivity contribution < 1.29 is 9.53 Å². The van der Waals surface area contributed by atoms with Crippen LogP contribution in [0.25, 0.3) is 0 Å². The van der Waals surface area contributed by atoms with Gasteiger partial charge in [0.05, 0.1) is 6.10 Å². The Morgan fingerprint density at radius 1 is 1.31 bits per heavy atom. The summed E-state index contributed by atoms with van der Waals surface area (Å²) in [5.74, 6) is 0.145. The fraction of sp³-hybridized carbons (Fsp3) is 0.923. The molecule has 0 bridgehead atoms. The van der Waals surface area contributed by atoms with Crippen molar-refractivity contribution in [1.82, 2.24) is 4.90 Å². The van der Waals surface area contributed by atoms with Gasteiger partial charge in [-0.2, -0.15) is 0 Å². The summed E-state index contributed by atoms with van der Waals surface area (Å²) < 4.78 is 5.36. The van der Waals surface area contributed by atoms with E-state index in [2.05, 4.69) is 13.8 Å². The molecule has 1 aliphatic rings. The van der Waals surface area contributed by atoms with Gasteiger partial charge in [0.2, 0.25) is 5.91 Å². The van der Waals surface area contributed by atoms with E-state index < -0.39 is 0 Å². The van der Waals surface area contributed by atoms with Crippen LogP contribution in [0.3, 0.4) is 0 Å². The average molecular weight is 227 g/mol. The zero-order valence-electron chi connectivity index (χ0n) is 11.1. The molecule has 1 aliphatic heterocycles. The van der Waals surface area contributed by atoms with Crippen LogP contribution >= 0.6 is 0 Å². The highest BCUT2D eigenvalue weighted by molar-refractivity contribution is 5.77. The second-order valence-electron chi connectivity index (χ2n) is 5.76. The first-order chi connectivity index (χ1) is 7.41. The van der Waals surface area contributed by atoms with Crippen LogP contribution in [0, 0.1) is 5.41 Å². The van der Waals surface area contributed by atoms with Crippen LogP contribution in [0.5, 0.6) is 0 Å². The molecule has 1 fully saturated rings. The van der Waals surface area contributed by atoms with Gasteiger partial charge in [-0.15, -0.1) is 0 Å². The van der Waals surface area contributed by atoms with Crippen LogP contribution in [0.4, 0.5) is 0 Å². The Morgan fingerprint density at radius 3 is 2.62 bits per heavy atom. The van der Waals surface area contributed by atoms with Crippen molar-refractivity contribution >= 4 is 5.91 Å². The third-order valence-corrected chi connectivity index (χ3v) is 3.23. The first-order valence-electron chi connectivity index (χ1n) is 6.30. The lowest BCUT2D eigenvalue weighted by atomic mass is 9.85. The molecule has 0 aromatic carbocycles. The van der Waals surface area contributed by atoms with Crippen molar-refractivity contribution in [2.75, 3.05) is 19.7 Å². The molecule has 0 radical (unpaired) electrons. The maximum absolute atomic E-state index is 11.9. The quantitative estimate of drug-likeness (QED) is 0.741. The molecule has 0 aliphatic carbocycles. The van der Waals surface area contributed by atoms with Crippen molar-refractivity contribution in [2.45, 2.75) is 53.1 Å². The van der Waals surface area contributed by atoms with Crippen LogP contribution in [-0.4, -0.2) is 36.6 Å². The average Bonchev–Trinajstić information content (AvgIpc) is 2.35. The van der Waals surface area contributed by atoms with Gasteiger partial charge in [0.25, 0.3) is 0 Å². The lowest BCUT2D eigenvalue weighted by Crippen LogP contribution is -2.35. The van der Waals surface area contributed by atoms with E-state index >= 15 is 0 Å². The van der Waals surface area contributed by atoms with Crippen molar-refractivity contribution in [3.05, 3.63) is 0 Å². The third kappa shape index (κ3) is 4.52. The zero-order chi connectivity index (χ0) is 12.2. The Labute approximate surface area is 99.1 Å². The van der Waals surface area contributed by atoms with E-state index in [1.54, 1.807) is 0 Å². The highest BCUT2D eigenvalue weighted by Crippen LogP contribution is 2.29. The summed E-state index contributed by atoms with van der Waals surface area (Å²) in [4.78, 5) is 13.8. The number of hydrogen-bond donors (Lipinski definition) is 0. The van der Waals surface area contributed by atoms with Crippen molar-refractivity contribution in [3.63, 3.8) is 0 Å². The van der Waals surface area contributed by atoms with Gasteiger partial charge in [0, 0.05) is 13.1 Å². The molecule has 1 saturated heterocycles. The third-order valence-electron chi connectivity index (χ3n) is 3.23. The molecule has 3 heteroatoms. The summed E-state index contributed by atoms with van der Waals surface area (Å²) in [6, 6.07) is 0. The molecule has 0 atom stereocenters. The van der Waals surface area contributed by atoms with Crippen molar-refractivity contribution in [1.29, 1.82) is 0 Å². The van der Waals surface area contributed by atoms with Gasteiger partial charge in [-0.1, -0.05) is 13.8 Å². The SMILES string of the molecule is CC(C)OCC(=O)N1CCCC(C)(C)CC1. The molecule has 0 saturated carbocycles. The van der Waals surface area contributed by atoms with Crippen molar-refractivity contribution in [2.24, 2.45) is 5.41 Å². The monoisotopic (exact) mass is 227 g/mol. The Hall–Kier alpha value is -0.570. The summed E-state index contributed by atoms with van der Waals surface area (Å²) in [6.07, 6.45) is 3.55. The lowest BCUT2D eigenvalue weighted by Gasteiger charge is -2.23. The Morgan fingerprint density at radius 2 is 2.00 bits per heavy atom. The summed E-state index contributed by atoms with van der Waals surface area (Å²) in [5.41, 5.74) is 0.383. The number of carbonyl (C=O) groups is 1. The number of hydrogen-bond acceptors (Lipinski definition) is 2. The largest absolute Gasteiger partial charge is 0.369 e. The fourth-order valence-electron chi connectivity index (χ4n) is 2.00. The number of likely N-dealkylation sites (tertiary alicyclic amines) is 1. The zero-order valence-corrected chi connectivity index (χ0v) is 11.1. The topological polar surface area (TPSA) is 29.5 Å². The lowest BCUT2D eigenvalue weighted by molar-refractivity contribution is -0.137. The molecule has 0 N–H and O–H groups in total. The normalized spacial score (nSPS) is 20.9. The number of ether oxygens (including phenoxy) is 1. The fourth-order valence-corrected chi connectivity index (χ4v) is 2.00. The van der Waals surface area contributed by atoms with Crippen LogP contribution in [0.15, 0.2) is 0 Å². The predicted molar refractivity (Wildman–Crippen MR) is 65.3 cm³/mol. The molecule has 0 unspecified atom stereocenters. The van der Waals surface area contributed by atoms with Gasteiger partial charge in [0.1, 0.15) is 6.61 Å². The second kappa shape index (κ2) is 5.67. The van der Waals surface area contributed by atoms with Gasteiger partial charge in [-0.05, 0) is 38.5 Å². The molecule has 0 spiro atoms. The van der Waals surface area contributed by atoms with E-state index in [9.17, 15) is 4.79 Å². The van der Waals surface area contributed by atoms with Crippen molar-refractivity contribution in [3.8, 4) is 0 Å². The minimum absolute atomic E-state index is 0.132. The van der Waals surface area contributed by atoms with Gasteiger partial charge in [0.15, 0.2) is 0 Å². The highest BCUT2D eigenvalue weighted by Gasteiger charge is 2.25. The summed E-state index contributed by atoms with van der Waals surface area (Å²) in [7, 11) is 0. The second-order valence-corrected chi connectivity index (χ2v) is 5.76. The van der Waals surface area contributed by atoms with Crippen LogP contribution in [0.2, 0.25) is 0 Å². The number of nitrogens with zero attached hydrogens (tertiary/aromatic N) is 1. The van der Waals surface area contributed by atoms with Crippen LogP contribution in [-0.2, 0) is 9.53 Å².